The highest BCUT2D eigenvalue weighted by molar-refractivity contribution is 5.98. The monoisotopic (exact) mass is 269 g/mol. The summed E-state index contributed by atoms with van der Waals surface area (Å²) in [6.45, 7) is 3.71. The maximum Gasteiger partial charge on any atom is 0.170 e. The van der Waals surface area contributed by atoms with E-state index in [-0.39, 0.29) is 5.84 Å². The fourth-order valence-corrected chi connectivity index (χ4v) is 2.19. The average molecular weight is 269 g/mol. The molecule has 4 nitrogen and oxygen atoms in total. The number of hydrogen-bond donors (Lipinski definition) is 2. The standard InChI is InChI=1S/C16H19N3O/c1-2-19(14-9-4-3-5-10-14)12-13-8-6-7-11-15(13)16(17)18-20/h3-11,20H,2,12H2,1H3,(H2,17,18). The van der Waals surface area contributed by atoms with E-state index >= 15 is 0 Å². The molecule has 0 aliphatic rings. The van der Waals surface area contributed by atoms with Gasteiger partial charge < -0.3 is 15.8 Å². The van der Waals surface area contributed by atoms with E-state index in [0.717, 1.165) is 23.4 Å². The molecule has 0 heterocycles. The number of hydrogen-bond acceptors (Lipinski definition) is 3. The van der Waals surface area contributed by atoms with Crippen LogP contribution in [0.2, 0.25) is 0 Å². The fourth-order valence-electron chi connectivity index (χ4n) is 2.19. The molecule has 0 atom stereocenters. The zero-order valence-electron chi connectivity index (χ0n) is 11.5. The molecule has 0 spiro atoms. The highest BCUT2D eigenvalue weighted by Crippen LogP contribution is 2.18. The molecule has 20 heavy (non-hydrogen) atoms. The number of benzene rings is 2. The van der Waals surface area contributed by atoms with Crippen molar-refractivity contribution in [1.82, 2.24) is 0 Å². The van der Waals surface area contributed by atoms with E-state index in [2.05, 4.69) is 29.1 Å². The lowest BCUT2D eigenvalue weighted by Gasteiger charge is -2.24. The van der Waals surface area contributed by atoms with Crippen molar-refractivity contribution in [3.8, 4) is 0 Å². The molecule has 3 N–H and O–H groups in total. The largest absolute Gasteiger partial charge is 0.409 e. The Morgan fingerprint density at radius 2 is 1.75 bits per heavy atom. The van der Waals surface area contributed by atoms with E-state index in [1.165, 1.54) is 0 Å². The van der Waals surface area contributed by atoms with Gasteiger partial charge in [0.05, 0.1) is 0 Å². The Morgan fingerprint density at radius 1 is 1.10 bits per heavy atom. The van der Waals surface area contributed by atoms with Gasteiger partial charge in [0.25, 0.3) is 0 Å². The first-order valence-electron chi connectivity index (χ1n) is 6.62. The predicted octanol–water partition coefficient (Wildman–Crippen LogP) is 2.81. The van der Waals surface area contributed by atoms with Crippen LogP contribution in [0.3, 0.4) is 0 Å². The fraction of sp³-hybridized carbons (Fsp3) is 0.188. The van der Waals surface area contributed by atoms with Crippen molar-refractivity contribution in [2.75, 3.05) is 11.4 Å². The second kappa shape index (κ2) is 6.61. The van der Waals surface area contributed by atoms with Crippen LogP contribution in [0.25, 0.3) is 0 Å². The van der Waals surface area contributed by atoms with Crippen molar-refractivity contribution in [3.63, 3.8) is 0 Å². The van der Waals surface area contributed by atoms with Gasteiger partial charge in [0.15, 0.2) is 5.84 Å². The molecule has 104 valence electrons. The number of nitrogens with zero attached hydrogens (tertiary/aromatic N) is 2. The minimum absolute atomic E-state index is 0.143. The Labute approximate surface area is 119 Å². The zero-order valence-corrected chi connectivity index (χ0v) is 11.5. The molecule has 0 saturated carbocycles. The summed E-state index contributed by atoms with van der Waals surface area (Å²) in [7, 11) is 0. The Morgan fingerprint density at radius 3 is 2.40 bits per heavy atom. The maximum absolute atomic E-state index is 8.87. The summed E-state index contributed by atoms with van der Waals surface area (Å²) in [4.78, 5) is 2.24. The summed E-state index contributed by atoms with van der Waals surface area (Å²) in [5.41, 5.74) is 8.69. The summed E-state index contributed by atoms with van der Waals surface area (Å²) in [5, 5.41) is 12.0. The van der Waals surface area contributed by atoms with E-state index in [0.29, 0.717) is 6.54 Å². The van der Waals surface area contributed by atoms with Crippen molar-refractivity contribution in [1.29, 1.82) is 0 Å². The Balaban J connectivity index is 2.29. The molecular weight excluding hydrogens is 250 g/mol. The summed E-state index contributed by atoms with van der Waals surface area (Å²) >= 11 is 0. The lowest BCUT2D eigenvalue weighted by Crippen LogP contribution is -2.24. The van der Waals surface area contributed by atoms with Crippen molar-refractivity contribution < 1.29 is 5.21 Å². The van der Waals surface area contributed by atoms with Crippen LogP contribution in [0.5, 0.6) is 0 Å². The first kappa shape index (κ1) is 13.9. The number of rotatable bonds is 5. The van der Waals surface area contributed by atoms with Gasteiger partial charge in [0, 0.05) is 24.3 Å². The molecule has 2 rings (SSSR count). The second-order valence-electron chi connectivity index (χ2n) is 4.49. The Hall–Kier alpha value is -2.49. The van der Waals surface area contributed by atoms with Crippen molar-refractivity contribution in [3.05, 3.63) is 65.7 Å². The van der Waals surface area contributed by atoms with Gasteiger partial charge in [-0.2, -0.15) is 0 Å². The van der Waals surface area contributed by atoms with E-state index in [1.54, 1.807) is 0 Å². The summed E-state index contributed by atoms with van der Waals surface area (Å²) in [6.07, 6.45) is 0. The number of anilines is 1. The van der Waals surface area contributed by atoms with Crippen LogP contribution in [0.15, 0.2) is 59.8 Å². The number of amidine groups is 1. The first-order valence-corrected chi connectivity index (χ1v) is 6.62. The normalized spacial score (nSPS) is 11.3. The van der Waals surface area contributed by atoms with Crippen LogP contribution in [-0.2, 0) is 6.54 Å². The highest BCUT2D eigenvalue weighted by Gasteiger charge is 2.10. The second-order valence-corrected chi connectivity index (χ2v) is 4.49. The predicted molar refractivity (Wildman–Crippen MR) is 82.1 cm³/mol. The van der Waals surface area contributed by atoms with Gasteiger partial charge in [-0.25, -0.2) is 0 Å². The summed E-state index contributed by atoms with van der Waals surface area (Å²) in [6, 6.07) is 17.9. The molecule has 0 fully saturated rings. The third-order valence-electron chi connectivity index (χ3n) is 3.27. The van der Waals surface area contributed by atoms with E-state index in [9.17, 15) is 0 Å². The topological polar surface area (TPSA) is 61.8 Å². The van der Waals surface area contributed by atoms with E-state index < -0.39 is 0 Å². The van der Waals surface area contributed by atoms with E-state index in [4.69, 9.17) is 10.9 Å². The summed E-state index contributed by atoms with van der Waals surface area (Å²) < 4.78 is 0. The number of oxime groups is 1. The van der Waals surface area contributed by atoms with E-state index in [1.807, 2.05) is 42.5 Å². The zero-order chi connectivity index (χ0) is 14.4. The quantitative estimate of drug-likeness (QED) is 0.380. The minimum Gasteiger partial charge on any atom is -0.409 e. The van der Waals surface area contributed by atoms with Gasteiger partial charge in [-0.1, -0.05) is 47.6 Å². The molecule has 0 bridgehead atoms. The molecule has 4 heteroatoms. The third kappa shape index (κ3) is 3.09. The lowest BCUT2D eigenvalue weighted by atomic mass is 10.1. The molecule has 2 aromatic carbocycles. The van der Waals surface area contributed by atoms with Gasteiger partial charge in [-0.05, 0) is 24.6 Å². The smallest absolute Gasteiger partial charge is 0.170 e. The molecule has 2 aromatic rings. The first-order chi connectivity index (χ1) is 9.76. The molecule has 0 aliphatic carbocycles. The molecule has 0 saturated heterocycles. The van der Waals surface area contributed by atoms with Crippen molar-refractivity contribution in [2.45, 2.75) is 13.5 Å². The third-order valence-corrected chi connectivity index (χ3v) is 3.27. The lowest BCUT2D eigenvalue weighted by molar-refractivity contribution is 0.318. The number of nitrogens with two attached hydrogens (primary N) is 1. The van der Waals surface area contributed by atoms with Crippen LogP contribution in [0, 0.1) is 0 Å². The van der Waals surface area contributed by atoms with Gasteiger partial charge in [-0.3, -0.25) is 0 Å². The molecule has 0 unspecified atom stereocenters. The minimum atomic E-state index is 0.143. The Kier molecular flexibility index (Phi) is 4.60. The average Bonchev–Trinajstić information content (AvgIpc) is 2.53. The van der Waals surface area contributed by atoms with Crippen LogP contribution in [0.1, 0.15) is 18.1 Å². The van der Waals surface area contributed by atoms with Crippen LogP contribution < -0.4 is 10.6 Å². The van der Waals surface area contributed by atoms with Crippen LogP contribution in [0.4, 0.5) is 5.69 Å². The molecule has 0 amide bonds. The number of para-hydroxylation sites is 1. The molecule has 0 aromatic heterocycles. The summed E-state index contributed by atoms with van der Waals surface area (Å²) in [5.74, 6) is 0.143. The molecular formula is C16H19N3O. The van der Waals surface area contributed by atoms with Crippen molar-refractivity contribution in [2.24, 2.45) is 10.9 Å². The van der Waals surface area contributed by atoms with Gasteiger partial charge in [0.2, 0.25) is 0 Å². The maximum atomic E-state index is 8.87. The van der Waals surface area contributed by atoms with Gasteiger partial charge in [-0.15, -0.1) is 0 Å². The Bertz CT molecular complexity index is 581. The van der Waals surface area contributed by atoms with Gasteiger partial charge >= 0.3 is 0 Å². The van der Waals surface area contributed by atoms with Crippen LogP contribution in [-0.4, -0.2) is 17.6 Å². The van der Waals surface area contributed by atoms with Gasteiger partial charge in [0.1, 0.15) is 0 Å². The molecule has 0 aliphatic heterocycles. The van der Waals surface area contributed by atoms with Crippen LogP contribution >= 0.6 is 0 Å². The van der Waals surface area contributed by atoms with Crippen molar-refractivity contribution >= 4 is 11.5 Å². The highest BCUT2D eigenvalue weighted by atomic mass is 16.4. The molecule has 0 radical (unpaired) electrons. The SMILES string of the molecule is CCN(Cc1ccccc1C(N)=NO)c1ccccc1.